The van der Waals surface area contributed by atoms with Gasteiger partial charge in [-0.1, -0.05) is 12.1 Å². The molecular formula is C12H14INO3. The molecule has 0 saturated carbocycles. The van der Waals surface area contributed by atoms with Crippen LogP contribution >= 0.6 is 22.6 Å². The molecule has 92 valence electrons. The summed E-state index contributed by atoms with van der Waals surface area (Å²) in [6.45, 7) is 2.16. The van der Waals surface area contributed by atoms with E-state index < -0.39 is 5.97 Å². The lowest BCUT2D eigenvalue weighted by Gasteiger charge is -2.17. The molecule has 0 heterocycles. The van der Waals surface area contributed by atoms with Crippen LogP contribution in [0, 0.1) is 10.5 Å². The predicted octanol–water partition coefficient (Wildman–Crippen LogP) is 2.15. The number of hydrogen-bond acceptors (Lipinski definition) is 2. The Labute approximate surface area is 114 Å². The summed E-state index contributed by atoms with van der Waals surface area (Å²) in [6, 6.07) is 5.53. The van der Waals surface area contributed by atoms with E-state index in [-0.39, 0.29) is 18.9 Å². The summed E-state index contributed by atoms with van der Waals surface area (Å²) in [5.74, 6) is -1.04. The van der Waals surface area contributed by atoms with Crippen molar-refractivity contribution in [3.63, 3.8) is 0 Å². The fourth-order valence-electron chi connectivity index (χ4n) is 1.38. The number of carboxylic acid groups (broad SMARTS) is 1. The molecule has 0 aromatic heterocycles. The van der Waals surface area contributed by atoms with E-state index in [9.17, 15) is 9.59 Å². The Balaban J connectivity index is 2.82. The van der Waals surface area contributed by atoms with Crippen molar-refractivity contribution in [3.8, 4) is 0 Å². The van der Waals surface area contributed by atoms with E-state index in [4.69, 9.17) is 5.11 Å². The summed E-state index contributed by atoms with van der Waals surface area (Å²) < 4.78 is 0.914. The van der Waals surface area contributed by atoms with Crippen LogP contribution < -0.4 is 0 Å². The SMILES string of the molecule is Cc1cccc(C(=O)N(C)CCC(=O)O)c1I. The molecule has 1 rings (SSSR count). The van der Waals surface area contributed by atoms with Gasteiger partial charge < -0.3 is 10.0 Å². The molecule has 0 aliphatic carbocycles. The number of nitrogens with zero attached hydrogens (tertiary/aromatic N) is 1. The lowest BCUT2D eigenvalue weighted by molar-refractivity contribution is -0.137. The van der Waals surface area contributed by atoms with Gasteiger partial charge in [-0.3, -0.25) is 9.59 Å². The summed E-state index contributed by atoms with van der Waals surface area (Å²) in [6.07, 6.45) is -0.0371. The van der Waals surface area contributed by atoms with Crippen LogP contribution in [0.2, 0.25) is 0 Å². The summed E-state index contributed by atoms with van der Waals surface area (Å²) in [5, 5.41) is 8.57. The normalized spacial score (nSPS) is 10.1. The monoisotopic (exact) mass is 347 g/mol. The van der Waals surface area contributed by atoms with Crippen LogP contribution in [0.15, 0.2) is 18.2 Å². The number of carboxylic acids is 1. The second kappa shape index (κ2) is 6.00. The highest BCUT2D eigenvalue weighted by molar-refractivity contribution is 14.1. The van der Waals surface area contributed by atoms with Gasteiger partial charge in [0.2, 0.25) is 0 Å². The third kappa shape index (κ3) is 3.69. The number of benzene rings is 1. The molecule has 0 fully saturated rings. The first-order chi connectivity index (χ1) is 7.93. The van der Waals surface area contributed by atoms with Crippen LogP contribution in [0.25, 0.3) is 0 Å². The summed E-state index contributed by atoms with van der Waals surface area (Å²) in [7, 11) is 1.61. The first-order valence-corrected chi connectivity index (χ1v) is 6.23. The topological polar surface area (TPSA) is 57.6 Å². The lowest BCUT2D eigenvalue weighted by Crippen LogP contribution is -2.29. The highest BCUT2D eigenvalue weighted by atomic mass is 127. The van der Waals surface area contributed by atoms with Gasteiger partial charge in [-0.2, -0.15) is 0 Å². The van der Waals surface area contributed by atoms with Gasteiger partial charge in [0.1, 0.15) is 0 Å². The molecule has 0 spiro atoms. The third-order valence-corrected chi connectivity index (χ3v) is 3.86. The van der Waals surface area contributed by atoms with Gasteiger partial charge >= 0.3 is 5.97 Å². The van der Waals surface area contributed by atoms with Gasteiger partial charge in [-0.15, -0.1) is 0 Å². The van der Waals surface area contributed by atoms with E-state index in [1.165, 1.54) is 4.90 Å². The molecule has 1 aromatic carbocycles. The molecule has 1 amide bonds. The molecule has 4 nitrogen and oxygen atoms in total. The van der Waals surface area contributed by atoms with Crippen molar-refractivity contribution < 1.29 is 14.7 Å². The van der Waals surface area contributed by atoms with Crippen molar-refractivity contribution in [2.75, 3.05) is 13.6 Å². The zero-order valence-corrected chi connectivity index (χ0v) is 11.9. The van der Waals surface area contributed by atoms with Crippen LogP contribution in [-0.2, 0) is 4.79 Å². The van der Waals surface area contributed by atoms with Crippen molar-refractivity contribution in [1.29, 1.82) is 0 Å². The molecule has 5 heteroatoms. The number of carbonyl (C=O) groups is 2. The zero-order chi connectivity index (χ0) is 13.0. The standard InChI is InChI=1S/C12H14INO3/c1-8-4-3-5-9(11(8)13)12(17)14(2)7-6-10(15)16/h3-5H,6-7H2,1-2H3,(H,15,16). The average Bonchev–Trinajstić information content (AvgIpc) is 2.28. The fourth-order valence-corrected chi connectivity index (χ4v) is 1.97. The van der Waals surface area contributed by atoms with Gasteiger partial charge in [0.25, 0.3) is 5.91 Å². The van der Waals surface area contributed by atoms with E-state index in [2.05, 4.69) is 22.6 Å². The molecule has 0 saturated heterocycles. The van der Waals surface area contributed by atoms with Crippen LogP contribution in [0.5, 0.6) is 0 Å². The van der Waals surface area contributed by atoms with E-state index in [1.807, 2.05) is 19.1 Å². The summed E-state index contributed by atoms with van der Waals surface area (Å²) >= 11 is 2.13. The Hall–Kier alpha value is -1.11. The number of hydrogen-bond donors (Lipinski definition) is 1. The average molecular weight is 347 g/mol. The predicted molar refractivity (Wildman–Crippen MR) is 73.1 cm³/mol. The van der Waals surface area contributed by atoms with Gasteiger partial charge in [-0.05, 0) is 41.1 Å². The molecule has 0 atom stereocenters. The van der Waals surface area contributed by atoms with E-state index in [0.29, 0.717) is 5.56 Å². The second-order valence-corrected chi connectivity index (χ2v) is 4.89. The Kier molecular flexibility index (Phi) is 4.92. The van der Waals surface area contributed by atoms with Gasteiger partial charge in [-0.25, -0.2) is 0 Å². The quantitative estimate of drug-likeness (QED) is 0.850. The summed E-state index contributed by atoms with van der Waals surface area (Å²) in [4.78, 5) is 23.9. The number of aryl methyl sites for hydroxylation is 1. The van der Waals surface area contributed by atoms with E-state index in [0.717, 1.165) is 9.13 Å². The Morgan fingerprint density at radius 3 is 2.65 bits per heavy atom. The molecular weight excluding hydrogens is 333 g/mol. The van der Waals surface area contributed by atoms with Gasteiger partial charge in [0.05, 0.1) is 12.0 Å². The second-order valence-electron chi connectivity index (χ2n) is 3.81. The van der Waals surface area contributed by atoms with Crippen LogP contribution in [-0.4, -0.2) is 35.5 Å². The van der Waals surface area contributed by atoms with Crippen LogP contribution in [0.3, 0.4) is 0 Å². The number of aliphatic carboxylic acids is 1. The molecule has 0 radical (unpaired) electrons. The van der Waals surface area contributed by atoms with Crippen molar-refractivity contribution >= 4 is 34.5 Å². The van der Waals surface area contributed by atoms with Gasteiger partial charge in [0, 0.05) is 17.2 Å². The minimum atomic E-state index is -0.899. The molecule has 1 aromatic rings. The van der Waals surface area contributed by atoms with Crippen LogP contribution in [0.1, 0.15) is 22.3 Å². The van der Waals surface area contributed by atoms with Crippen molar-refractivity contribution in [2.45, 2.75) is 13.3 Å². The maximum Gasteiger partial charge on any atom is 0.305 e. The zero-order valence-electron chi connectivity index (χ0n) is 9.74. The molecule has 0 aliphatic heterocycles. The van der Waals surface area contributed by atoms with Crippen molar-refractivity contribution in [3.05, 3.63) is 32.9 Å². The first-order valence-electron chi connectivity index (χ1n) is 5.16. The molecule has 1 N–H and O–H groups in total. The molecule has 0 bridgehead atoms. The minimum absolute atomic E-state index is 0.0371. The Morgan fingerprint density at radius 2 is 2.06 bits per heavy atom. The first kappa shape index (κ1) is 14.0. The summed E-state index contributed by atoms with van der Waals surface area (Å²) in [5.41, 5.74) is 1.67. The number of amides is 1. The van der Waals surface area contributed by atoms with E-state index >= 15 is 0 Å². The maximum atomic E-state index is 12.1. The Morgan fingerprint density at radius 1 is 1.41 bits per heavy atom. The van der Waals surface area contributed by atoms with Crippen LogP contribution in [0.4, 0.5) is 0 Å². The highest BCUT2D eigenvalue weighted by Gasteiger charge is 2.16. The fraction of sp³-hybridized carbons (Fsp3) is 0.333. The highest BCUT2D eigenvalue weighted by Crippen LogP contribution is 2.18. The number of rotatable bonds is 4. The minimum Gasteiger partial charge on any atom is -0.481 e. The van der Waals surface area contributed by atoms with Crippen molar-refractivity contribution in [1.82, 2.24) is 4.90 Å². The smallest absolute Gasteiger partial charge is 0.305 e. The maximum absolute atomic E-state index is 12.1. The molecule has 0 unspecified atom stereocenters. The largest absolute Gasteiger partial charge is 0.481 e. The molecule has 17 heavy (non-hydrogen) atoms. The van der Waals surface area contributed by atoms with Gasteiger partial charge in [0.15, 0.2) is 0 Å². The van der Waals surface area contributed by atoms with E-state index in [1.54, 1.807) is 13.1 Å². The Bertz CT molecular complexity index is 445. The molecule has 0 aliphatic rings. The lowest BCUT2D eigenvalue weighted by atomic mass is 10.1. The number of halogens is 1. The number of carbonyl (C=O) groups excluding carboxylic acids is 1. The van der Waals surface area contributed by atoms with Crippen molar-refractivity contribution in [2.24, 2.45) is 0 Å². The third-order valence-electron chi connectivity index (χ3n) is 2.43.